The maximum Gasteiger partial charge on any atom is 0.416 e. The molecule has 0 bridgehead atoms. The molecule has 1 aliphatic rings. The minimum Gasteiger partial charge on any atom is -0.310 e. The molecular weight excluding hydrogens is 279 g/mol. The third kappa shape index (κ3) is 2.85. The van der Waals surface area contributed by atoms with Crippen LogP contribution in [0.25, 0.3) is 0 Å². The van der Waals surface area contributed by atoms with Gasteiger partial charge in [-0.25, -0.2) is 0 Å². The van der Waals surface area contributed by atoms with E-state index in [1.807, 2.05) is 0 Å². The highest BCUT2D eigenvalue weighted by Crippen LogP contribution is 2.32. The second-order valence-electron chi connectivity index (χ2n) is 4.04. The molecule has 1 aliphatic heterocycles. The lowest BCUT2D eigenvalue weighted by molar-refractivity contribution is -0.137. The van der Waals surface area contributed by atoms with Crippen molar-refractivity contribution in [3.63, 3.8) is 0 Å². The quantitative estimate of drug-likeness (QED) is 0.771. The first kappa shape index (κ1) is 13.8. The first-order valence-electron chi connectivity index (χ1n) is 5.35. The predicted molar refractivity (Wildman–Crippen MR) is 67.3 cm³/mol. The number of amides is 1. The van der Waals surface area contributed by atoms with Crippen LogP contribution in [0.1, 0.15) is 12.0 Å². The van der Waals surface area contributed by atoms with Crippen LogP contribution in [0.5, 0.6) is 0 Å². The molecule has 0 aliphatic carbocycles. The van der Waals surface area contributed by atoms with Crippen molar-refractivity contribution in [1.29, 1.82) is 0 Å². The fourth-order valence-corrected chi connectivity index (χ4v) is 2.16. The van der Waals surface area contributed by atoms with Crippen molar-refractivity contribution in [2.75, 3.05) is 4.90 Å². The molecule has 1 fully saturated rings. The van der Waals surface area contributed by atoms with Gasteiger partial charge in [0.25, 0.3) is 0 Å². The zero-order valence-corrected chi connectivity index (χ0v) is 10.4. The summed E-state index contributed by atoms with van der Waals surface area (Å²) < 4.78 is 37.9. The summed E-state index contributed by atoms with van der Waals surface area (Å²) in [6, 6.07) is 4.63. The Hall–Kier alpha value is -1.67. The molecule has 102 valence electrons. The molecule has 19 heavy (non-hydrogen) atoms. The van der Waals surface area contributed by atoms with Crippen molar-refractivity contribution in [2.45, 2.75) is 18.8 Å². The Kier molecular flexibility index (Phi) is 3.46. The molecule has 0 radical (unpaired) electrons. The third-order valence-corrected chi connectivity index (χ3v) is 2.94. The van der Waals surface area contributed by atoms with Gasteiger partial charge in [-0.3, -0.25) is 4.79 Å². The Morgan fingerprint density at radius 2 is 2.11 bits per heavy atom. The molecular formula is C11H10F3N3OS. The highest BCUT2D eigenvalue weighted by atomic mass is 32.1. The second-order valence-corrected chi connectivity index (χ2v) is 4.43. The highest BCUT2D eigenvalue weighted by Gasteiger charge is 2.33. The molecule has 1 saturated heterocycles. The lowest BCUT2D eigenvalue weighted by Crippen LogP contribution is -2.58. The standard InChI is InChI=1S/C11H10F3N3OS/c12-11(13,14)6-2-1-3-7(4-6)17-8(15)5-9(18)16-10(17)19/h1-4,8H,5,15H2,(H,16,18,19). The number of halogens is 3. The summed E-state index contributed by atoms with van der Waals surface area (Å²) in [6.45, 7) is 0. The molecule has 8 heteroatoms. The fourth-order valence-electron chi connectivity index (χ4n) is 1.80. The summed E-state index contributed by atoms with van der Waals surface area (Å²) >= 11 is 4.93. The minimum atomic E-state index is -4.44. The van der Waals surface area contributed by atoms with Crippen molar-refractivity contribution < 1.29 is 18.0 Å². The van der Waals surface area contributed by atoms with Gasteiger partial charge in [0.1, 0.15) is 0 Å². The molecule has 1 heterocycles. The van der Waals surface area contributed by atoms with Gasteiger partial charge in [0.2, 0.25) is 5.91 Å². The number of carbonyl (C=O) groups excluding carboxylic acids is 1. The lowest BCUT2D eigenvalue weighted by atomic mass is 10.1. The van der Waals surface area contributed by atoms with Gasteiger partial charge in [-0.05, 0) is 30.4 Å². The number of nitrogens with zero attached hydrogens (tertiary/aromatic N) is 1. The van der Waals surface area contributed by atoms with Crippen LogP contribution < -0.4 is 16.0 Å². The van der Waals surface area contributed by atoms with Gasteiger partial charge in [-0.1, -0.05) is 6.07 Å². The van der Waals surface area contributed by atoms with Crippen LogP contribution in [-0.2, 0) is 11.0 Å². The minimum absolute atomic E-state index is 0.00285. The van der Waals surface area contributed by atoms with Gasteiger partial charge in [-0.2, -0.15) is 13.2 Å². The molecule has 1 aromatic rings. The SMILES string of the molecule is NC1CC(=O)NC(=S)N1c1cccc(C(F)(F)F)c1. The van der Waals surface area contributed by atoms with Crippen LogP contribution in [0.15, 0.2) is 24.3 Å². The summed E-state index contributed by atoms with van der Waals surface area (Å²) in [4.78, 5) is 12.5. The monoisotopic (exact) mass is 289 g/mol. The Bertz CT molecular complexity index is 532. The summed E-state index contributed by atoms with van der Waals surface area (Å²) in [7, 11) is 0. The number of rotatable bonds is 1. The summed E-state index contributed by atoms with van der Waals surface area (Å²) in [5.41, 5.74) is 5.15. The molecule has 4 nitrogen and oxygen atoms in total. The number of anilines is 1. The number of alkyl halides is 3. The Labute approximate surface area is 112 Å². The van der Waals surface area contributed by atoms with Gasteiger partial charge < -0.3 is 16.0 Å². The number of hydrogen-bond donors (Lipinski definition) is 2. The zero-order chi connectivity index (χ0) is 14.2. The molecule has 1 unspecified atom stereocenters. The number of thiocarbonyl (C=S) groups is 1. The van der Waals surface area contributed by atoms with Crippen LogP contribution in [0.2, 0.25) is 0 Å². The molecule has 2 rings (SSSR count). The topological polar surface area (TPSA) is 58.4 Å². The van der Waals surface area contributed by atoms with Gasteiger partial charge in [0.05, 0.1) is 18.2 Å². The summed E-state index contributed by atoms with van der Waals surface area (Å²) in [5, 5.41) is 2.38. The molecule has 0 aromatic heterocycles. The van der Waals surface area contributed by atoms with Crippen LogP contribution in [-0.4, -0.2) is 17.2 Å². The van der Waals surface area contributed by atoms with Crippen molar-refractivity contribution in [1.82, 2.24) is 5.32 Å². The maximum atomic E-state index is 12.6. The normalized spacial score (nSPS) is 20.4. The second kappa shape index (κ2) is 4.78. The van der Waals surface area contributed by atoms with Crippen molar-refractivity contribution in [2.24, 2.45) is 5.73 Å². The van der Waals surface area contributed by atoms with Crippen LogP contribution >= 0.6 is 12.2 Å². The van der Waals surface area contributed by atoms with Gasteiger partial charge in [0, 0.05) is 5.69 Å². The Morgan fingerprint density at radius 1 is 1.42 bits per heavy atom. The van der Waals surface area contributed by atoms with Gasteiger partial charge in [0.15, 0.2) is 5.11 Å². The van der Waals surface area contributed by atoms with E-state index < -0.39 is 17.9 Å². The average molecular weight is 289 g/mol. The van der Waals surface area contributed by atoms with E-state index >= 15 is 0 Å². The number of hydrogen-bond acceptors (Lipinski definition) is 3. The molecule has 3 N–H and O–H groups in total. The van der Waals surface area contributed by atoms with E-state index in [1.165, 1.54) is 17.0 Å². The van der Waals surface area contributed by atoms with E-state index in [-0.39, 0.29) is 23.1 Å². The number of nitrogens with two attached hydrogens (primary N) is 1. The maximum absolute atomic E-state index is 12.6. The summed E-state index contributed by atoms with van der Waals surface area (Å²) in [6.07, 6.45) is -5.25. The van der Waals surface area contributed by atoms with E-state index in [0.29, 0.717) is 0 Å². The zero-order valence-electron chi connectivity index (χ0n) is 9.57. The third-order valence-electron chi connectivity index (χ3n) is 2.64. The van der Waals surface area contributed by atoms with Crippen molar-refractivity contribution in [3.05, 3.63) is 29.8 Å². The molecule has 1 atom stereocenters. The van der Waals surface area contributed by atoms with E-state index in [1.54, 1.807) is 0 Å². The van der Waals surface area contributed by atoms with Crippen molar-refractivity contribution >= 4 is 28.9 Å². The number of carbonyl (C=O) groups is 1. The number of benzene rings is 1. The smallest absolute Gasteiger partial charge is 0.310 e. The van der Waals surface area contributed by atoms with E-state index in [2.05, 4.69) is 5.32 Å². The average Bonchev–Trinajstić information content (AvgIpc) is 2.26. The van der Waals surface area contributed by atoms with Crippen molar-refractivity contribution in [3.8, 4) is 0 Å². The first-order valence-corrected chi connectivity index (χ1v) is 5.76. The fraction of sp³-hybridized carbons (Fsp3) is 0.273. The Balaban J connectivity index is 2.36. The van der Waals surface area contributed by atoms with Gasteiger partial charge >= 0.3 is 6.18 Å². The molecule has 1 amide bonds. The van der Waals surface area contributed by atoms with E-state index in [4.69, 9.17) is 18.0 Å². The molecule has 1 aromatic carbocycles. The molecule has 0 saturated carbocycles. The van der Waals surface area contributed by atoms with Crippen LogP contribution in [0, 0.1) is 0 Å². The Morgan fingerprint density at radius 3 is 2.68 bits per heavy atom. The lowest BCUT2D eigenvalue weighted by Gasteiger charge is -2.35. The van der Waals surface area contributed by atoms with E-state index in [9.17, 15) is 18.0 Å². The van der Waals surface area contributed by atoms with Gasteiger partial charge in [-0.15, -0.1) is 0 Å². The highest BCUT2D eigenvalue weighted by molar-refractivity contribution is 7.80. The number of nitrogens with one attached hydrogen (secondary N) is 1. The largest absolute Gasteiger partial charge is 0.416 e. The first-order chi connectivity index (χ1) is 8.79. The van der Waals surface area contributed by atoms with Crippen LogP contribution in [0.3, 0.4) is 0 Å². The van der Waals surface area contributed by atoms with E-state index in [0.717, 1.165) is 12.1 Å². The molecule has 0 spiro atoms. The van der Waals surface area contributed by atoms with Crippen LogP contribution in [0.4, 0.5) is 18.9 Å². The summed E-state index contributed by atoms with van der Waals surface area (Å²) in [5.74, 6) is -0.347. The predicted octanol–water partition coefficient (Wildman–Crippen LogP) is 1.60.